The first-order valence-electron chi connectivity index (χ1n) is 6.14. The molecule has 0 aliphatic heterocycles. The first-order chi connectivity index (χ1) is 8.35. The van der Waals surface area contributed by atoms with Crippen LogP contribution in [0.5, 0.6) is 0 Å². The number of rotatable bonds is 4. The number of nitrogens with one attached hydrogen (secondary N) is 1. The third kappa shape index (κ3) is 2.57. The highest BCUT2D eigenvalue weighted by atomic mass is 32.2. The first kappa shape index (κ1) is 13.5. The molecule has 0 saturated heterocycles. The SMILES string of the molecule is CCC1CC1NS(=O)(=O)c1c(C)cc(F)cc1C. The van der Waals surface area contributed by atoms with E-state index in [1.54, 1.807) is 13.8 Å². The van der Waals surface area contributed by atoms with Crippen molar-refractivity contribution in [2.24, 2.45) is 5.92 Å². The van der Waals surface area contributed by atoms with E-state index in [0.717, 1.165) is 12.8 Å². The van der Waals surface area contributed by atoms with Crippen LogP contribution in [0.2, 0.25) is 0 Å². The van der Waals surface area contributed by atoms with Crippen molar-refractivity contribution in [3.05, 3.63) is 29.1 Å². The Morgan fingerprint density at radius 3 is 2.33 bits per heavy atom. The Morgan fingerprint density at radius 2 is 1.89 bits per heavy atom. The standard InChI is InChI=1S/C13H18FNO2S/c1-4-10-7-12(10)15-18(16,17)13-8(2)5-11(14)6-9(13)3/h5-6,10,12,15H,4,7H2,1-3H3. The van der Waals surface area contributed by atoms with Gasteiger partial charge in [0.25, 0.3) is 0 Å². The Kier molecular flexibility index (Phi) is 3.47. The summed E-state index contributed by atoms with van der Waals surface area (Å²) in [5, 5.41) is 0. The van der Waals surface area contributed by atoms with Crippen LogP contribution in [0, 0.1) is 25.6 Å². The average Bonchev–Trinajstić information content (AvgIpc) is 2.92. The van der Waals surface area contributed by atoms with E-state index < -0.39 is 15.8 Å². The molecule has 1 aliphatic carbocycles. The molecule has 0 spiro atoms. The summed E-state index contributed by atoms with van der Waals surface area (Å²) in [4.78, 5) is 0.214. The van der Waals surface area contributed by atoms with Crippen molar-refractivity contribution in [3.8, 4) is 0 Å². The summed E-state index contributed by atoms with van der Waals surface area (Å²) < 4.78 is 40.4. The van der Waals surface area contributed by atoms with Gasteiger partial charge in [0.2, 0.25) is 10.0 Å². The minimum Gasteiger partial charge on any atom is -0.208 e. The molecule has 0 radical (unpaired) electrons. The van der Waals surface area contributed by atoms with Crippen molar-refractivity contribution < 1.29 is 12.8 Å². The fraction of sp³-hybridized carbons (Fsp3) is 0.538. The van der Waals surface area contributed by atoms with Gasteiger partial charge in [0.05, 0.1) is 4.90 Å². The minimum atomic E-state index is -3.53. The lowest BCUT2D eigenvalue weighted by Gasteiger charge is -2.12. The molecule has 1 aliphatic rings. The van der Waals surface area contributed by atoms with Crippen molar-refractivity contribution >= 4 is 10.0 Å². The van der Waals surface area contributed by atoms with E-state index in [2.05, 4.69) is 4.72 Å². The smallest absolute Gasteiger partial charge is 0.208 e. The molecule has 2 unspecified atom stereocenters. The molecule has 0 aromatic heterocycles. The molecule has 1 N–H and O–H groups in total. The topological polar surface area (TPSA) is 46.2 Å². The van der Waals surface area contributed by atoms with E-state index in [0.29, 0.717) is 17.0 Å². The molecule has 2 rings (SSSR count). The molecular weight excluding hydrogens is 253 g/mol. The molecule has 2 atom stereocenters. The lowest BCUT2D eigenvalue weighted by Crippen LogP contribution is -2.28. The summed E-state index contributed by atoms with van der Waals surface area (Å²) >= 11 is 0. The number of halogens is 1. The number of benzene rings is 1. The third-order valence-electron chi connectivity index (χ3n) is 3.45. The predicted molar refractivity (Wildman–Crippen MR) is 68.4 cm³/mol. The van der Waals surface area contributed by atoms with Crippen LogP contribution in [-0.4, -0.2) is 14.5 Å². The first-order valence-corrected chi connectivity index (χ1v) is 7.62. The molecule has 1 fully saturated rings. The zero-order valence-corrected chi connectivity index (χ0v) is 11.6. The monoisotopic (exact) mass is 271 g/mol. The van der Waals surface area contributed by atoms with E-state index >= 15 is 0 Å². The number of aryl methyl sites for hydroxylation is 2. The highest BCUT2D eigenvalue weighted by Crippen LogP contribution is 2.35. The average molecular weight is 271 g/mol. The summed E-state index contributed by atoms with van der Waals surface area (Å²) in [6.45, 7) is 5.29. The van der Waals surface area contributed by atoms with Crippen LogP contribution in [-0.2, 0) is 10.0 Å². The van der Waals surface area contributed by atoms with E-state index in [-0.39, 0.29) is 10.9 Å². The van der Waals surface area contributed by atoms with Gasteiger partial charge in [-0.2, -0.15) is 0 Å². The molecule has 18 heavy (non-hydrogen) atoms. The van der Waals surface area contributed by atoms with Gasteiger partial charge in [-0.15, -0.1) is 0 Å². The van der Waals surface area contributed by atoms with Gasteiger partial charge in [0, 0.05) is 6.04 Å². The summed E-state index contributed by atoms with van der Waals surface area (Å²) in [7, 11) is -3.53. The van der Waals surface area contributed by atoms with Crippen LogP contribution in [0.4, 0.5) is 4.39 Å². The van der Waals surface area contributed by atoms with Gasteiger partial charge in [0.15, 0.2) is 0 Å². The maximum atomic E-state index is 13.2. The molecule has 1 aromatic rings. The Labute approximate surface area is 107 Å². The Morgan fingerprint density at radius 1 is 1.33 bits per heavy atom. The number of sulfonamides is 1. The summed E-state index contributed by atoms with van der Waals surface area (Å²) in [6, 6.07) is 2.56. The quantitative estimate of drug-likeness (QED) is 0.914. The summed E-state index contributed by atoms with van der Waals surface area (Å²) in [5.41, 5.74) is 0.905. The van der Waals surface area contributed by atoms with Crippen molar-refractivity contribution in [3.63, 3.8) is 0 Å². The van der Waals surface area contributed by atoms with Crippen LogP contribution in [0.3, 0.4) is 0 Å². The van der Waals surface area contributed by atoms with E-state index in [9.17, 15) is 12.8 Å². The highest BCUT2D eigenvalue weighted by Gasteiger charge is 2.39. The van der Waals surface area contributed by atoms with Gasteiger partial charge < -0.3 is 0 Å². The van der Waals surface area contributed by atoms with Crippen LogP contribution in [0.1, 0.15) is 30.9 Å². The zero-order chi connectivity index (χ0) is 13.5. The van der Waals surface area contributed by atoms with Crippen molar-refractivity contribution in [2.45, 2.75) is 44.6 Å². The van der Waals surface area contributed by atoms with E-state index in [1.807, 2.05) is 6.92 Å². The molecule has 1 aromatic carbocycles. The lowest BCUT2D eigenvalue weighted by atomic mass is 10.1. The molecule has 0 heterocycles. The van der Waals surface area contributed by atoms with Gasteiger partial charge in [-0.25, -0.2) is 17.5 Å². The third-order valence-corrected chi connectivity index (χ3v) is 5.24. The number of hydrogen-bond acceptors (Lipinski definition) is 2. The molecule has 0 bridgehead atoms. The van der Waals surface area contributed by atoms with E-state index in [4.69, 9.17) is 0 Å². The Balaban J connectivity index is 2.30. The maximum absolute atomic E-state index is 13.2. The Hall–Kier alpha value is -0.940. The largest absolute Gasteiger partial charge is 0.241 e. The molecule has 1 saturated carbocycles. The van der Waals surface area contributed by atoms with Gasteiger partial charge in [0.1, 0.15) is 5.82 Å². The Bertz CT molecular complexity index is 545. The van der Waals surface area contributed by atoms with Crippen molar-refractivity contribution in [1.82, 2.24) is 4.72 Å². The van der Waals surface area contributed by atoms with Crippen LogP contribution in [0.15, 0.2) is 17.0 Å². The maximum Gasteiger partial charge on any atom is 0.241 e. The summed E-state index contributed by atoms with van der Waals surface area (Å²) in [6.07, 6.45) is 1.88. The fourth-order valence-electron chi connectivity index (χ4n) is 2.42. The van der Waals surface area contributed by atoms with Crippen molar-refractivity contribution in [2.75, 3.05) is 0 Å². The van der Waals surface area contributed by atoms with Crippen LogP contribution in [0.25, 0.3) is 0 Å². The van der Waals surface area contributed by atoms with Gasteiger partial charge in [-0.05, 0) is 49.4 Å². The van der Waals surface area contributed by atoms with Crippen molar-refractivity contribution in [1.29, 1.82) is 0 Å². The predicted octanol–water partition coefficient (Wildman–Crippen LogP) is 2.52. The fourth-order valence-corrected chi connectivity index (χ4v) is 4.19. The second kappa shape index (κ2) is 4.63. The van der Waals surface area contributed by atoms with Gasteiger partial charge in [-0.3, -0.25) is 0 Å². The second-order valence-electron chi connectivity index (χ2n) is 5.00. The molecule has 100 valence electrons. The number of hydrogen-bond donors (Lipinski definition) is 1. The van der Waals surface area contributed by atoms with E-state index in [1.165, 1.54) is 12.1 Å². The van der Waals surface area contributed by atoms with Crippen LogP contribution >= 0.6 is 0 Å². The molecule has 3 nitrogen and oxygen atoms in total. The summed E-state index contributed by atoms with van der Waals surface area (Å²) in [5.74, 6) is 0.0441. The molecule has 0 amide bonds. The molecular formula is C13H18FNO2S. The van der Waals surface area contributed by atoms with Crippen LogP contribution < -0.4 is 4.72 Å². The molecule has 5 heteroatoms. The van der Waals surface area contributed by atoms with Gasteiger partial charge in [-0.1, -0.05) is 13.3 Å². The zero-order valence-electron chi connectivity index (χ0n) is 10.8. The second-order valence-corrected chi connectivity index (χ2v) is 6.65. The highest BCUT2D eigenvalue weighted by molar-refractivity contribution is 7.89. The minimum absolute atomic E-state index is 0.0452. The lowest BCUT2D eigenvalue weighted by molar-refractivity contribution is 0.573. The normalized spacial score (nSPS) is 23.1. The van der Waals surface area contributed by atoms with Gasteiger partial charge >= 0.3 is 0 Å².